The Morgan fingerprint density at radius 2 is 2.12 bits per heavy atom. The monoisotopic (exact) mass is 236 g/mol. The maximum Gasteiger partial charge on any atom is 0.244 e. The molecule has 0 radical (unpaired) electrons. The summed E-state index contributed by atoms with van der Waals surface area (Å²) in [5.74, 6) is 0.128. The number of nitrogen functional groups attached to an aromatic ring is 1. The molecule has 1 aliphatic heterocycles. The van der Waals surface area contributed by atoms with Crippen LogP contribution in [-0.4, -0.2) is 33.7 Å². The van der Waals surface area contributed by atoms with Crippen molar-refractivity contribution in [1.29, 1.82) is 0 Å². The lowest BCUT2D eigenvalue weighted by Gasteiger charge is -2.36. The van der Waals surface area contributed by atoms with E-state index in [0.29, 0.717) is 11.1 Å². The van der Waals surface area contributed by atoms with Gasteiger partial charge in [-0.2, -0.15) is 5.10 Å². The predicted molar refractivity (Wildman–Crippen MR) is 66.2 cm³/mol. The van der Waals surface area contributed by atoms with Gasteiger partial charge >= 0.3 is 0 Å². The van der Waals surface area contributed by atoms with E-state index in [0.717, 1.165) is 25.9 Å². The molecule has 17 heavy (non-hydrogen) atoms. The van der Waals surface area contributed by atoms with E-state index in [2.05, 4.69) is 18.9 Å². The smallest absolute Gasteiger partial charge is 0.244 e. The number of hydrogen-bond donors (Lipinski definition) is 1. The zero-order valence-corrected chi connectivity index (χ0v) is 10.5. The zero-order valence-electron chi connectivity index (χ0n) is 10.5. The molecule has 1 aromatic rings. The first-order chi connectivity index (χ1) is 7.96. The fourth-order valence-electron chi connectivity index (χ4n) is 2.07. The van der Waals surface area contributed by atoms with Crippen LogP contribution in [0.4, 0.5) is 5.69 Å². The zero-order chi connectivity index (χ0) is 12.5. The van der Waals surface area contributed by atoms with Crippen LogP contribution in [0.25, 0.3) is 0 Å². The van der Waals surface area contributed by atoms with Gasteiger partial charge in [-0.1, -0.05) is 13.8 Å². The Kier molecular flexibility index (Phi) is 3.09. The molecule has 1 saturated heterocycles. The normalized spacial score (nSPS) is 19.3. The minimum absolute atomic E-state index is 0.128. The molecule has 1 aliphatic rings. The molecule has 0 aromatic carbocycles. The third kappa shape index (κ3) is 2.99. The Morgan fingerprint density at radius 3 is 2.65 bits per heavy atom. The first-order valence-electron chi connectivity index (χ1n) is 6.02. The summed E-state index contributed by atoms with van der Waals surface area (Å²) >= 11 is 0. The number of nitrogens with two attached hydrogens (primary N) is 1. The topological polar surface area (TPSA) is 64.2 Å². The lowest BCUT2D eigenvalue weighted by Crippen LogP contribution is -2.42. The number of carbonyl (C=O) groups is 1. The molecule has 0 spiro atoms. The number of nitrogens with zero attached hydrogens (tertiary/aromatic N) is 3. The molecule has 2 heterocycles. The van der Waals surface area contributed by atoms with Crippen molar-refractivity contribution in [2.24, 2.45) is 5.41 Å². The number of anilines is 1. The first-order valence-corrected chi connectivity index (χ1v) is 6.02. The second-order valence-corrected chi connectivity index (χ2v) is 5.52. The van der Waals surface area contributed by atoms with E-state index < -0.39 is 0 Å². The number of rotatable bonds is 2. The minimum atomic E-state index is 0.128. The van der Waals surface area contributed by atoms with Gasteiger partial charge in [0.05, 0.1) is 11.9 Å². The fraction of sp³-hybridized carbons (Fsp3) is 0.667. The fourth-order valence-corrected chi connectivity index (χ4v) is 2.07. The van der Waals surface area contributed by atoms with E-state index in [1.165, 1.54) is 0 Å². The minimum Gasteiger partial charge on any atom is -0.396 e. The largest absolute Gasteiger partial charge is 0.396 e. The standard InChI is InChI=1S/C12H20N4O/c1-12(2)3-5-15(6-4-12)11(17)9-16-8-10(13)7-14-16/h7-8H,3-6,9,13H2,1-2H3. The number of hydrogen-bond acceptors (Lipinski definition) is 3. The SMILES string of the molecule is CC1(C)CCN(C(=O)Cn2cc(N)cn2)CC1. The lowest BCUT2D eigenvalue weighted by atomic mass is 9.83. The van der Waals surface area contributed by atoms with Gasteiger partial charge in [-0.15, -0.1) is 0 Å². The second-order valence-electron chi connectivity index (χ2n) is 5.52. The van der Waals surface area contributed by atoms with Crippen molar-refractivity contribution < 1.29 is 4.79 Å². The van der Waals surface area contributed by atoms with Crippen molar-refractivity contribution in [2.45, 2.75) is 33.2 Å². The molecule has 0 unspecified atom stereocenters. The van der Waals surface area contributed by atoms with Crippen LogP contribution in [-0.2, 0) is 11.3 Å². The molecule has 2 N–H and O–H groups in total. The van der Waals surface area contributed by atoms with Crippen LogP contribution >= 0.6 is 0 Å². The van der Waals surface area contributed by atoms with Crippen molar-refractivity contribution in [2.75, 3.05) is 18.8 Å². The molecule has 1 fully saturated rings. The van der Waals surface area contributed by atoms with Gasteiger partial charge in [-0.05, 0) is 18.3 Å². The Morgan fingerprint density at radius 1 is 1.47 bits per heavy atom. The van der Waals surface area contributed by atoms with Gasteiger partial charge in [-0.25, -0.2) is 0 Å². The molecule has 0 bridgehead atoms. The number of carbonyl (C=O) groups excluding carboxylic acids is 1. The van der Waals surface area contributed by atoms with Crippen LogP contribution in [0.3, 0.4) is 0 Å². The van der Waals surface area contributed by atoms with Crippen molar-refractivity contribution >= 4 is 11.6 Å². The average molecular weight is 236 g/mol. The van der Waals surface area contributed by atoms with Crippen LogP contribution in [0.1, 0.15) is 26.7 Å². The Labute approximate surface area is 102 Å². The maximum atomic E-state index is 12.0. The van der Waals surface area contributed by atoms with Gasteiger partial charge in [-0.3, -0.25) is 9.48 Å². The van der Waals surface area contributed by atoms with Crippen molar-refractivity contribution in [1.82, 2.24) is 14.7 Å². The molecule has 5 nitrogen and oxygen atoms in total. The maximum absolute atomic E-state index is 12.0. The molecule has 1 aromatic heterocycles. The molecule has 5 heteroatoms. The van der Waals surface area contributed by atoms with E-state index in [9.17, 15) is 4.79 Å². The molecule has 0 saturated carbocycles. The lowest BCUT2D eigenvalue weighted by molar-refractivity contribution is -0.134. The average Bonchev–Trinajstić information content (AvgIpc) is 2.63. The second kappa shape index (κ2) is 4.39. The van der Waals surface area contributed by atoms with Gasteiger partial charge in [0.15, 0.2) is 0 Å². The number of piperidine rings is 1. The van der Waals surface area contributed by atoms with E-state index >= 15 is 0 Å². The molecular formula is C12H20N4O. The van der Waals surface area contributed by atoms with E-state index in [4.69, 9.17) is 5.73 Å². The quantitative estimate of drug-likeness (QED) is 0.836. The summed E-state index contributed by atoms with van der Waals surface area (Å²) in [6, 6.07) is 0. The Hall–Kier alpha value is -1.52. The van der Waals surface area contributed by atoms with Gasteiger partial charge in [0.2, 0.25) is 5.91 Å². The molecular weight excluding hydrogens is 216 g/mol. The summed E-state index contributed by atoms with van der Waals surface area (Å²) in [6.45, 7) is 6.49. The summed E-state index contributed by atoms with van der Waals surface area (Å²) in [6.07, 6.45) is 5.39. The molecule has 2 rings (SSSR count). The summed E-state index contributed by atoms with van der Waals surface area (Å²) < 4.78 is 1.59. The summed E-state index contributed by atoms with van der Waals surface area (Å²) in [7, 11) is 0. The Balaban J connectivity index is 1.89. The van der Waals surface area contributed by atoms with Gasteiger partial charge < -0.3 is 10.6 Å². The third-order valence-corrected chi connectivity index (χ3v) is 3.42. The van der Waals surface area contributed by atoms with Crippen LogP contribution in [0, 0.1) is 5.41 Å². The molecule has 0 atom stereocenters. The van der Waals surface area contributed by atoms with Gasteiger partial charge in [0.1, 0.15) is 6.54 Å². The van der Waals surface area contributed by atoms with Crippen LogP contribution in [0.15, 0.2) is 12.4 Å². The number of aromatic nitrogens is 2. The first kappa shape index (κ1) is 12.0. The highest BCUT2D eigenvalue weighted by atomic mass is 16.2. The van der Waals surface area contributed by atoms with Gasteiger partial charge in [0.25, 0.3) is 0 Å². The molecule has 1 amide bonds. The highest BCUT2D eigenvalue weighted by molar-refractivity contribution is 5.76. The summed E-state index contributed by atoms with van der Waals surface area (Å²) in [5, 5.41) is 4.02. The van der Waals surface area contributed by atoms with E-state index in [-0.39, 0.29) is 12.5 Å². The number of likely N-dealkylation sites (tertiary alicyclic amines) is 1. The molecule has 0 aliphatic carbocycles. The van der Waals surface area contributed by atoms with E-state index in [1.807, 2.05) is 4.90 Å². The van der Waals surface area contributed by atoms with Crippen molar-refractivity contribution in [3.63, 3.8) is 0 Å². The summed E-state index contributed by atoms with van der Waals surface area (Å²) in [5.41, 5.74) is 6.52. The highest BCUT2D eigenvalue weighted by Gasteiger charge is 2.27. The van der Waals surface area contributed by atoms with Crippen LogP contribution in [0.5, 0.6) is 0 Å². The number of amides is 1. The van der Waals surface area contributed by atoms with Crippen LogP contribution < -0.4 is 5.73 Å². The molecule has 94 valence electrons. The third-order valence-electron chi connectivity index (χ3n) is 3.42. The van der Waals surface area contributed by atoms with E-state index in [1.54, 1.807) is 17.1 Å². The Bertz CT molecular complexity index is 400. The van der Waals surface area contributed by atoms with Gasteiger partial charge in [0, 0.05) is 19.3 Å². The highest BCUT2D eigenvalue weighted by Crippen LogP contribution is 2.29. The van der Waals surface area contributed by atoms with Crippen molar-refractivity contribution in [3.8, 4) is 0 Å². The predicted octanol–water partition coefficient (Wildman–Crippen LogP) is 1.11. The van der Waals surface area contributed by atoms with Crippen LogP contribution in [0.2, 0.25) is 0 Å². The summed E-state index contributed by atoms with van der Waals surface area (Å²) in [4.78, 5) is 13.9. The van der Waals surface area contributed by atoms with Crippen molar-refractivity contribution in [3.05, 3.63) is 12.4 Å².